The Morgan fingerprint density at radius 1 is 1.44 bits per heavy atom. The highest BCUT2D eigenvalue weighted by atomic mass is 35.5. The van der Waals surface area contributed by atoms with Crippen LogP contribution in [0.1, 0.15) is 10.6 Å². The van der Waals surface area contributed by atoms with Crippen molar-refractivity contribution in [1.82, 2.24) is 10.3 Å². The number of nitrogens with zero attached hydrogens (tertiary/aromatic N) is 2. The van der Waals surface area contributed by atoms with E-state index in [-0.39, 0.29) is 12.4 Å². The minimum absolute atomic E-state index is 0. The molecule has 1 N–H and O–H groups in total. The van der Waals surface area contributed by atoms with Crippen LogP contribution in [0, 0.1) is 6.92 Å². The van der Waals surface area contributed by atoms with Gasteiger partial charge in [0.25, 0.3) is 0 Å². The topological polar surface area (TPSA) is 28.2 Å². The second kappa shape index (κ2) is 8.17. The number of aromatic nitrogens is 1. The van der Waals surface area contributed by atoms with Gasteiger partial charge in [0.2, 0.25) is 0 Å². The maximum atomic E-state index is 4.51. The van der Waals surface area contributed by atoms with Gasteiger partial charge in [-0.2, -0.15) is 11.8 Å². The van der Waals surface area contributed by atoms with Crippen LogP contribution in [0.4, 0.5) is 5.13 Å². The predicted molar refractivity (Wildman–Crippen MR) is 78.5 cm³/mol. The molecular formula is C10H20ClN3S2. The largest absolute Gasteiger partial charge is 0.354 e. The molecule has 3 nitrogen and oxygen atoms in total. The van der Waals surface area contributed by atoms with E-state index in [0.29, 0.717) is 0 Å². The molecule has 16 heavy (non-hydrogen) atoms. The van der Waals surface area contributed by atoms with E-state index >= 15 is 0 Å². The van der Waals surface area contributed by atoms with E-state index in [9.17, 15) is 0 Å². The van der Waals surface area contributed by atoms with Crippen molar-refractivity contribution >= 4 is 40.6 Å². The number of rotatable bonds is 6. The molecule has 0 aliphatic heterocycles. The van der Waals surface area contributed by atoms with Crippen LogP contribution in [-0.2, 0) is 6.54 Å². The molecule has 0 aliphatic carbocycles. The molecule has 0 bridgehead atoms. The van der Waals surface area contributed by atoms with Crippen LogP contribution in [0.5, 0.6) is 0 Å². The summed E-state index contributed by atoms with van der Waals surface area (Å²) in [6.45, 7) is 4.09. The van der Waals surface area contributed by atoms with Gasteiger partial charge in [-0.05, 0) is 13.2 Å². The highest BCUT2D eigenvalue weighted by Gasteiger charge is 2.07. The zero-order valence-electron chi connectivity index (χ0n) is 10.2. The maximum Gasteiger partial charge on any atom is 0.185 e. The summed E-state index contributed by atoms with van der Waals surface area (Å²) < 4.78 is 0. The lowest BCUT2D eigenvalue weighted by Gasteiger charge is -2.05. The average molecular weight is 282 g/mol. The van der Waals surface area contributed by atoms with Crippen LogP contribution >= 0.6 is 35.5 Å². The molecule has 1 aromatic heterocycles. The van der Waals surface area contributed by atoms with Crippen LogP contribution in [0.2, 0.25) is 0 Å². The molecular weight excluding hydrogens is 262 g/mol. The molecule has 0 aliphatic rings. The van der Waals surface area contributed by atoms with E-state index in [1.807, 2.05) is 25.9 Å². The third-order valence-corrected chi connectivity index (χ3v) is 3.97. The monoisotopic (exact) mass is 281 g/mol. The van der Waals surface area contributed by atoms with E-state index < -0.39 is 0 Å². The van der Waals surface area contributed by atoms with Crippen LogP contribution in [0.15, 0.2) is 0 Å². The van der Waals surface area contributed by atoms with E-state index in [0.717, 1.165) is 23.9 Å². The lowest BCUT2D eigenvalue weighted by atomic mass is 10.4. The Morgan fingerprint density at radius 2 is 2.12 bits per heavy atom. The first-order valence-corrected chi connectivity index (χ1v) is 7.19. The smallest absolute Gasteiger partial charge is 0.185 e. The minimum atomic E-state index is 0. The average Bonchev–Trinajstić information content (AvgIpc) is 2.55. The Labute approximate surface area is 112 Å². The first-order chi connectivity index (χ1) is 7.15. The Morgan fingerprint density at radius 3 is 2.62 bits per heavy atom. The zero-order valence-corrected chi connectivity index (χ0v) is 12.7. The van der Waals surface area contributed by atoms with Crippen molar-refractivity contribution in [2.45, 2.75) is 13.5 Å². The first-order valence-electron chi connectivity index (χ1n) is 4.98. The molecule has 0 fully saturated rings. The third kappa shape index (κ3) is 4.91. The summed E-state index contributed by atoms with van der Waals surface area (Å²) >= 11 is 3.64. The quantitative estimate of drug-likeness (QED) is 0.811. The normalized spacial score (nSPS) is 10.0. The molecule has 0 unspecified atom stereocenters. The number of hydrogen-bond donors (Lipinski definition) is 1. The standard InChI is InChI=1S/C10H19N3S2.ClH/c1-8-9(7-11-5-6-14-4)15-10(12-8)13(2)3;/h11H,5-7H2,1-4H3;1H. The van der Waals surface area contributed by atoms with Gasteiger partial charge in [-0.1, -0.05) is 0 Å². The number of aryl methyl sites for hydroxylation is 1. The van der Waals surface area contributed by atoms with Gasteiger partial charge >= 0.3 is 0 Å². The minimum Gasteiger partial charge on any atom is -0.354 e. The molecule has 0 amide bonds. The summed E-state index contributed by atoms with van der Waals surface area (Å²) in [4.78, 5) is 7.91. The van der Waals surface area contributed by atoms with Crippen molar-refractivity contribution in [2.24, 2.45) is 0 Å². The van der Waals surface area contributed by atoms with E-state index in [4.69, 9.17) is 0 Å². The van der Waals surface area contributed by atoms with Crippen molar-refractivity contribution in [3.63, 3.8) is 0 Å². The fourth-order valence-corrected chi connectivity index (χ4v) is 2.45. The highest BCUT2D eigenvalue weighted by molar-refractivity contribution is 7.98. The fourth-order valence-electron chi connectivity index (χ4n) is 1.14. The summed E-state index contributed by atoms with van der Waals surface area (Å²) in [5.41, 5.74) is 1.15. The summed E-state index contributed by atoms with van der Waals surface area (Å²) in [5, 5.41) is 4.52. The molecule has 1 heterocycles. The van der Waals surface area contributed by atoms with Crippen LogP contribution in [0.3, 0.4) is 0 Å². The lowest BCUT2D eigenvalue weighted by Crippen LogP contribution is -2.16. The van der Waals surface area contributed by atoms with Crippen LogP contribution < -0.4 is 10.2 Å². The molecule has 0 radical (unpaired) electrons. The summed E-state index contributed by atoms with van der Waals surface area (Å²) in [6.07, 6.45) is 2.13. The summed E-state index contributed by atoms with van der Waals surface area (Å²) in [7, 11) is 4.06. The fraction of sp³-hybridized carbons (Fsp3) is 0.700. The first kappa shape index (κ1) is 16.0. The lowest BCUT2D eigenvalue weighted by molar-refractivity contribution is 0.736. The van der Waals surface area contributed by atoms with Gasteiger partial charge in [-0.3, -0.25) is 0 Å². The summed E-state index contributed by atoms with van der Waals surface area (Å²) in [5.74, 6) is 1.17. The van der Waals surface area contributed by atoms with Crippen molar-refractivity contribution in [3.05, 3.63) is 10.6 Å². The number of nitrogens with one attached hydrogen (secondary N) is 1. The van der Waals surface area contributed by atoms with Crippen molar-refractivity contribution in [2.75, 3.05) is 37.5 Å². The van der Waals surface area contributed by atoms with Gasteiger partial charge in [0.15, 0.2) is 5.13 Å². The van der Waals surface area contributed by atoms with Gasteiger partial charge in [0.1, 0.15) is 0 Å². The molecule has 0 aromatic carbocycles. The Kier molecular flexibility index (Phi) is 8.18. The Balaban J connectivity index is 0.00000225. The number of hydrogen-bond acceptors (Lipinski definition) is 5. The number of thioether (sulfide) groups is 1. The molecule has 0 saturated heterocycles. The van der Waals surface area contributed by atoms with E-state index in [2.05, 4.69) is 28.4 Å². The van der Waals surface area contributed by atoms with Crippen molar-refractivity contribution in [3.8, 4) is 0 Å². The zero-order chi connectivity index (χ0) is 11.3. The van der Waals surface area contributed by atoms with Crippen molar-refractivity contribution in [1.29, 1.82) is 0 Å². The number of halogens is 1. The predicted octanol–water partition coefficient (Wildman–Crippen LogP) is 2.39. The molecule has 0 spiro atoms. The Bertz CT molecular complexity index is 302. The van der Waals surface area contributed by atoms with Crippen LogP contribution in [-0.4, -0.2) is 37.6 Å². The number of thiazole rings is 1. The third-order valence-electron chi connectivity index (χ3n) is 2.03. The van der Waals surface area contributed by atoms with Gasteiger partial charge in [0.05, 0.1) is 5.69 Å². The van der Waals surface area contributed by atoms with Gasteiger partial charge in [-0.25, -0.2) is 4.98 Å². The Hall–Kier alpha value is 0.0300. The molecule has 0 saturated carbocycles. The molecule has 6 heteroatoms. The molecule has 0 atom stereocenters. The molecule has 1 aromatic rings. The van der Waals surface area contributed by atoms with Gasteiger partial charge in [0, 0.05) is 37.8 Å². The second-order valence-corrected chi connectivity index (χ2v) is 5.62. The van der Waals surface area contributed by atoms with E-state index in [1.54, 1.807) is 11.3 Å². The SMILES string of the molecule is CSCCNCc1sc(N(C)C)nc1C.Cl. The van der Waals surface area contributed by atoms with Crippen molar-refractivity contribution < 1.29 is 0 Å². The highest BCUT2D eigenvalue weighted by Crippen LogP contribution is 2.24. The second-order valence-electron chi connectivity index (χ2n) is 3.57. The van der Waals surface area contributed by atoms with Gasteiger partial charge in [-0.15, -0.1) is 23.7 Å². The van der Waals surface area contributed by atoms with Gasteiger partial charge < -0.3 is 10.2 Å². The summed E-state index contributed by atoms with van der Waals surface area (Å²) in [6, 6.07) is 0. The van der Waals surface area contributed by atoms with Crippen LogP contribution in [0.25, 0.3) is 0 Å². The maximum absolute atomic E-state index is 4.51. The number of anilines is 1. The molecule has 1 rings (SSSR count). The molecule has 94 valence electrons. The van der Waals surface area contributed by atoms with E-state index in [1.165, 1.54) is 10.6 Å².